The second-order valence-corrected chi connectivity index (χ2v) is 5.82. The first-order chi connectivity index (χ1) is 9.58. The van der Waals surface area contributed by atoms with Crippen molar-refractivity contribution in [3.8, 4) is 0 Å². The summed E-state index contributed by atoms with van der Waals surface area (Å²) in [4.78, 5) is 0. The van der Waals surface area contributed by atoms with Crippen LogP contribution in [0.1, 0.15) is 38.5 Å². The Bertz CT molecular complexity index is 500. The van der Waals surface area contributed by atoms with Gasteiger partial charge < -0.3 is 10.1 Å². The normalized spacial score (nSPS) is 25.1. The van der Waals surface area contributed by atoms with Gasteiger partial charge in [0.25, 0.3) is 0 Å². The maximum atomic E-state index is 13.7. The van der Waals surface area contributed by atoms with E-state index in [4.69, 9.17) is 4.74 Å². The lowest BCUT2D eigenvalue weighted by atomic mass is 9.89. The van der Waals surface area contributed by atoms with E-state index in [9.17, 15) is 13.2 Å². The number of nitrogens with one attached hydrogen (secondary N) is 1. The Balaban J connectivity index is 1.73. The molecule has 2 fully saturated rings. The molecular weight excluding hydrogens is 267 g/mol. The van der Waals surface area contributed by atoms with E-state index in [-0.39, 0.29) is 17.3 Å². The molecule has 1 saturated carbocycles. The Hall–Kier alpha value is -1.23. The van der Waals surface area contributed by atoms with Crippen molar-refractivity contribution in [3.05, 3.63) is 29.6 Å². The second-order valence-electron chi connectivity index (χ2n) is 5.82. The average molecular weight is 285 g/mol. The van der Waals surface area contributed by atoms with E-state index in [1.165, 1.54) is 0 Å². The fourth-order valence-corrected chi connectivity index (χ4v) is 3.37. The van der Waals surface area contributed by atoms with Crippen LogP contribution in [-0.4, -0.2) is 18.2 Å². The Kier molecular flexibility index (Phi) is 3.63. The van der Waals surface area contributed by atoms with Crippen molar-refractivity contribution in [2.75, 3.05) is 11.9 Å². The van der Waals surface area contributed by atoms with Crippen molar-refractivity contribution in [2.45, 2.75) is 50.2 Å². The van der Waals surface area contributed by atoms with Crippen LogP contribution in [0.5, 0.6) is 0 Å². The number of halogens is 3. The molecule has 1 aromatic rings. The first-order valence-electron chi connectivity index (χ1n) is 7.13. The highest BCUT2D eigenvalue weighted by Crippen LogP contribution is 2.40. The minimum absolute atomic E-state index is 0.0314. The fraction of sp³-hybridized carbons (Fsp3) is 0.600. The van der Waals surface area contributed by atoms with Gasteiger partial charge in [-0.1, -0.05) is 12.8 Å². The molecule has 0 bridgehead atoms. The minimum Gasteiger partial charge on any atom is -0.380 e. The summed E-state index contributed by atoms with van der Waals surface area (Å²) in [5, 5.41) is 3.01. The number of anilines is 1. The van der Waals surface area contributed by atoms with E-state index < -0.39 is 17.5 Å². The summed E-state index contributed by atoms with van der Waals surface area (Å²) in [7, 11) is 0. The molecule has 1 atom stereocenters. The molecule has 5 heteroatoms. The Morgan fingerprint density at radius 1 is 1.05 bits per heavy atom. The number of ether oxygens (including phenoxy) is 1. The van der Waals surface area contributed by atoms with Gasteiger partial charge in [-0.15, -0.1) is 0 Å². The molecule has 110 valence electrons. The molecule has 0 radical (unpaired) electrons. The summed E-state index contributed by atoms with van der Waals surface area (Å²) in [5.41, 5.74) is -0.0609. The molecular formula is C15H18F3NO. The summed E-state index contributed by atoms with van der Waals surface area (Å²) in [6.07, 6.45) is 5.93. The second kappa shape index (κ2) is 5.28. The van der Waals surface area contributed by atoms with Crippen LogP contribution in [0.3, 0.4) is 0 Å². The molecule has 2 nitrogen and oxygen atoms in total. The van der Waals surface area contributed by atoms with Gasteiger partial charge in [-0.25, -0.2) is 13.2 Å². The van der Waals surface area contributed by atoms with Gasteiger partial charge >= 0.3 is 0 Å². The van der Waals surface area contributed by atoms with E-state index in [2.05, 4.69) is 5.32 Å². The van der Waals surface area contributed by atoms with Crippen LogP contribution in [0.25, 0.3) is 0 Å². The van der Waals surface area contributed by atoms with Gasteiger partial charge in [-0.3, -0.25) is 0 Å². The standard InChI is InChI=1S/C15H18F3NO/c16-11-7-13(18)14(8-12(11)17)19-10-3-6-20-15(9-10)4-1-2-5-15/h7-8,10,19H,1-6,9H2. The molecule has 0 aromatic heterocycles. The van der Waals surface area contributed by atoms with E-state index in [1.807, 2.05) is 0 Å². The third-order valence-electron chi connectivity index (χ3n) is 4.38. The molecule has 0 amide bonds. The van der Waals surface area contributed by atoms with Crippen LogP contribution in [0, 0.1) is 17.5 Å². The molecule has 1 heterocycles. The number of hydrogen-bond donors (Lipinski definition) is 1. The van der Waals surface area contributed by atoms with Gasteiger partial charge in [-0.05, 0) is 25.7 Å². The van der Waals surface area contributed by atoms with Crippen LogP contribution in [0.2, 0.25) is 0 Å². The predicted octanol–water partition coefficient (Wildman–Crippen LogP) is 4.01. The van der Waals surface area contributed by atoms with Crippen molar-refractivity contribution in [2.24, 2.45) is 0 Å². The quantitative estimate of drug-likeness (QED) is 0.829. The molecule has 1 aliphatic heterocycles. The highest BCUT2D eigenvalue weighted by molar-refractivity contribution is 5.46. The van der Waals surface area contributed by atoms with Crippen molar-refractivity contribution in [1.82, 2.24) is 0 Å². The van der Waals surface area contributed by atoms with Gasteiger partial charge in [0.2, 0.25) is 0 Å². The number of rotatable bonds is 2. The maximum Gasteiger partial charge on any atom is 0.161 e. The van der Waals surface area contributed by atoms with Gasteiger partial charge in [0.05, 0.1) is 11.3 Å². The van der Waals surface area contributed by atoms with Crippen LogP contribution in [0.15, 0.2) is 12.1 Å². The summed E-state index contributed by atoms with van der Waals surface area (Å²) in [6.45, 7) is 0.628. The summed E-state index contributed by atoms with van der Waals surface area (Å²) >= 11 is 0. The van der Waals surface area contributed by atoms with Crippen molar-refractivity contribution >= 4 is 5.69 Å². The van der Waals surface area contributed by atoms with Gasteiger partial charge in [0.1, 0.15) is 5.82 Å². The SMILES string of the molecule is Fc1cc(F)c(NC2CCOC3(CCCC3)C2)cc1F. The summed E-state index contributed by atoms with van der Waals surface area (Å²) in [6, 6.07) is 1.52. The number of hydrogen-bond acceptors (Lipinski definition) is 2. The first-order valence-corrected chi connectivity index (χ1v) is 7.13. The average Bonchev–Trinajstić information content (AvgIpc) is 2.84. The highest BCUT2D eigenvalue weighted by atomic mass is 19.2. The third kappa shape index (κ3) is 2.64. The van der Waals surface area contributed by atoms with E-state index in [1.54, 1.807) is 0 Å². The predicted molar refractivity (Wildman–Crippen MR) is 70.1 cm³/mol. The lowest BCUT2D eigenvalue weighted by molar-refractivity contribution is -0.0767. The lowest BCUT2D eigenvalue weighted by Crippen LogP contribution is -2.42. The molecule has 1 N–H and O–H groups in total. The van der Waals surface area contributed by atoms with Gasteiger partial charge in [0.15, 0.2) is 11.6 Å². The maximum absolute atomic E-state index is 13.7. The largest absolute Gasteiger partial charge is 0.380 e. The van der Waals surface area contributed by atoms with Gasteiger partial charge in [0, 0.05) is 24.8 Å². The monoisotopic (exact) mass is 285 g/mol. The van der Waals surface area contributed by atoms with Gasteiger partial charge in [-0.2, -0.15) is 0 Å². The molecule has 1 spiro atoms. The minimum atomic E-state index is -1.16. The fourth-order valence-electron chi connectivity index (χ4n) is 3.37. The lowest BCUT2D eigenvalue weighted by Gasteiger charge is -2.39. The van der Waals surface area contributed by atoms with E-state index >= 15 is 0 Å². The topological polar surface area (TPSA) is 21.3 Å². The smallest absolute Gasteiger partial charge is 0.161 e. The van der Waals surface area contributed by atoms with E-state index in [0.717, 1.165) is 44.6 Å². The molecule has 2 aliphatic rings. The molecule has 3 rings (SSSR count). The van der Waals surface area contributed by atoms with Crippen LogP contribution < -0.4 is 5.32 Å². The zero-order chi connectivity index (χ0) is 14.2. The van der Waals surface area contributed by atoms with Crippen LogP contribution >= 0.6 is 0 Å². The van der Waals surface area contributed by atoms with E-state index in [0.29, 0.717) is 12.7 Å². The van der Waals surface area contributed by atoms with Crippen molar-refractivity contribution in [3.63, 3.8) is 0 Å². The molecule has 1 aliphatic carbocycles. The Morgan fingerprint density at radius 2 is 1.75 bits per heavy atom. The highest BCUT2D eigenvalue weighted by Gasteiger charge is 2.40. The molecule has 1 unspecified atom stereocenters. The Morgan fingerprint density at radius 3 is 2.50 bits per heavy atom. The Labute approximate surface area is 116 Å². The zero-order valence-corrected chi connectivity index (χ0v) is 11.2. The van der Waals surface area contributed by atoms with Crippen LogP contribution in [0.4, 0.5) is 18.9 Å². The molecule has 20 heavy (non-hydrogen) atoms. The zero-order valence-electron chi connectivity index (χ0n) is 11.2. The molecule has 1 aromatic carbocycles. The van der Waals surface area contributed by atoms with Crippen LogP contribution in [-0.2, 0) is 4.74 Å². The summed E-state index contributed by atoms with van der Waals surface area (Å²) in [5.74, 6) is -2.94. The van der Waals surface area contributed by atoms with Crippen molar-refractivity contribution < 1.29 is 17.9 Å². The first kappa shape index (κ1) is 13.7. The molecule has 1 saturated heterocycles. The summed E-state index contributed by atoms with van der Waals surface area (Å²) < 4.78 is 45.7. The van der Waals surface area contributed by atoms with Crippen molar-refractivity contribution in [1.29, 1.82) is 0 Å². The third-order valence-corrected chi connectivity index (χ3v) is 4.38. The number of benzene rings is 1.